The number of Topliss-reactive ketones (excluding diaryl/α,β-unsaturated/α-hetero) is 1. The largest absolute Gasteiger partial charge is 0.507 e. The predicted octanol–water partition coefficient (Wildman–Crippen LogP) is 6.03. The number of ether oxygens (including phenoxy) is 1. The normalized spacial score (nSPS) is 16.9. The zero-order valence-corrected chi connectivity index (χ0v) is 22.6. The minimum atomic E-state index is -0.965. The summed E-state index contributed by atoms with van der Waals surface area (Å²) in [6.07, 6.45) is 0.700. The highest BCUT2D eigenvalue weighted by Gasteiger charge is 2.47. The number of hydrogen-bond acceptors (Lipinski definition) is 5. The maximum atomic E-state index is 13.4. The van der Waals surface area contributed by atoms with Gasteiger partial charge < -0.3 is 14.9 Å². The summed E-state index contributed by atoms with van der Waals surface area (Å²) in [5.74, 6) is -2.16. The van der Waals surface area contributed by atoms with Crippen molar-refractivity contribution in [3.63, 3.8) is 0 Å². The van der Waals surface area contributed by atoms with E-state index in [-0.39, 0.29) is 23.2 Å². The molecule has 0 bridgehead atoms. The molecule has 3 aromatic rings. The number of nitrogens with zero attached hydrogens (tertiary/aromatic N) is 1. The number of benzene rings is 3. The van der Waals surface area contributed by atoms with Crippen LogP contribution in [-0.2, 0) is 26.2 Å². The third-order valence-corrected chi connectivity index (χ3v) is 6.71. The van der Waals surface area contributed by atoms with Gasteiger partial charge in [-0.1, -0.05) is 64.1 Å². The molecule has 4 rings (SSSR count). The lowest BCUT2D eigenvalue weighted by molar-refractivity contribution is -0.136. The third-order valence-electron chi connectivity index (χ3n) is 6.71. The molecule has 2 N–H and O–H groups in total. The second-order valence-electron chi connectivity index (χ2n) is 10.7. The van der Waals surface area contributed by atoms with Crippen LogP contribution in [0.5, 0.6) is 5.75 Å². The summed E-state index contributed by atoms with van der Waals surface area (Å²) >= 11 is 0. The van der Waals surface area contributed by atoms with Gasteiger partial charge in [0.1, 0.15) is 11.5 Å². The van der Waals surface area contributed by atoms with Gasteiger partial charge in [-0.05, 0) is 64.9 Å². The van der Waals surface area contributed by atoms with Crippen molar-refractivity contribution in [2.75, 3.05) is 11.5 Å². The number of carbonyl (C=O) groups is 3. The van der Waals surface area contributed by atoms with Crippen LogP contribution < -0.4 is 9.64 Å². The van der Waals surface area contributed by atoms with Crippen molar-refractivity contribution in [1.29, 1.82) is 0 Å². The van der Waals surface area contributed by atoms with Crippen LogP contribution in [0.15, 0.2) is 78.4 Å². The molecular weight excluding hydrogens is 494 g/mol. The summed E-state index contributed by atoms with van der Waals surface area (Å²) in [4.78, 5) is 39.3. The predicted molar refractivity (Wildman–Crippen MR) is 150 cm³/mol. The average Bonchev–Trinajstić information content (AvgIpc) is 3.17. The summed E-state index contributed by atoms with van der Waals surface area (Å²) in [5, 5.41) is 20.5. The van der Waals surface area contributed by atoms with Gasteiger partial charge in [0.05, 0.1) is 24.6 Å². The number of carbonyl (C=O) groups excluding carboxylic acids is 2. The molecule has 0 aliphatic carbocycles. The molecule has 0 saturated carbocycles. The van der Waals surface area contributed by atoms with Crippen molar-refractivity contribution >= 4 is 29.1 Å². The van der Waals surface area contributed by atoms with Crippen LogP contribution in [0.1, 0.15) is 62.4 Å². The minimum Gasteiger partial charge on any atom is -0.507 e. The van der Waals surface area contributed by atoms with E-state index >= 15 is 0 Å². The van der Waals surface area contributed by atoms with Crippen LogP contribution >= 0.6 is 0 Å². The Balaban J connectivity index is 1.82. The van der Waals surface area contributed by atoms with Gasteiger partial charge >= 0.3 is 5.97 Å². The number of hydrogen-bond donors (Lipinski definition) is 2. The van der Waals surface area contributed by atoms with E-state index in [2.05, 4.69) is 20.8 Å². The zero-order valence-electron chi connectivity index (χ0n) is 22.6. The number of carboxylic acids is 1. The van der Waals surface area contributed by atoms with E-state index in [4.69, 9.17) is 9.84 Å². The summed E-state index contributed by atoms with van der Waals surface area (Å²) in [5.41, 5.74) is 3.04. The molecule has 0 spiro atoms. The van der Waals surface area contributed by atoms with Crippen molar-refractivity contribution in [2.45, 2.75) is 52.0 Å². The maximum absolute atomic E-state index is 13.4. The van der Waals surface area contributed by atoms with E-state index < -0.39 is 23.7 Å². The number of aliphatic hydroxyl groups excluding tert-OH is 1. The molecule has 1 atom stereocenters. The number of rotatable bonds is 8. The standard InChI is InChI=1S/C32H33NO6/c1-5-18-39-25-16-10-22(11-17-25)29(36)27-28(21-8-12-23(13-9-21)32(2,3)4)33(31(38)30(27)37)24-14-6-20(7-15-24)19-26(34)35/h6-17,28,36H,5,18-19H2,1-4H3,(H,34,35)/b29-27-. The molecule has 1 saturated heterocycles. The third kappa shape index (κ3) is 5.87. The number of aliphatic carboxylic acids is 1. The molecule has 1 amide bonds. The minimum absolute atomic E-state index is 0.0136. The molecule has 7 heteroatoms. The second-order valence-corrected chi connectivity index (χ2v) is 10.7. The van der Waals surface area contributed by atoms with Gasteiger partial charge in [-0.3, -0.25) is 19.3 Å². The Labute approximate surface area is 228 Å². The van der Waals surface area contributed by atoms with Crippen molar-refractivity contribution in [3.8, 4) is 5.75 Å². The monoisotopic (exact) mass is 527 g/mol. The highest BCUT2D eigenvalue weighted by molar-refractivity contribution is 6.51. The summed E-state index contributed by atoms with van der Waals surface area (Å²) in [7, 11) is 0. The van der Waals surface area contributed by atoms with Gasteiger partial charge in [-0.15, -0.1) is 0 Å². The number of anilines is 1. The summed E-state index contributed by atoms with van der Waals surface area (Å²) in [6, 6.07) is 20.0. The molecule has 3 aromatic carbocycles. The molecule has 1 aliphatic heterocycles. The lowest BCUT2D eigenvalue weighted by Gasteiger charge is -2.26. The van der Waals surface area contributed by atoms with Crippen molar-refractivity contribution < 1.29 is 29.3 Å². The van der Waals surface area contributed by atoms with Gasteiger partial charge in [0, 0.05) is 11.3 Å². The maximum Gasteiger partial charge on any atom is 0.307 e. The Kier molecular flexibility index (Phi) is 7.90. The van der Waals surface area contributed by atoms with Gasteiger partial charge in [-0.25, -0.2) is 0 Å². The molecule has 1 fully saturated rings. The number of aliphatic hydroxyl groups is 1. The second kappa shape index (κ2) is 11.2. The SMILES string of the molecule is CCCOc1ccc(/C(O)=C2/C(=O)C(=O)N(c3ccc(CC(=O)O)cc3)C2c2ccc(C(C)(C)C)cc2)cc1. The van der Waals surface area contributed by atoms with Crippen LogP contribution in [0.25, 0.3) is 5.76 Å². The number of carboxylic acid groups (broad SMARTS) is 1. The average molecular weight is 528 g/mol. The molecule has 1 aliphatic rings. The number of ketones is 1. The highest BCUT2D eigenvalue weighted by atomic mass is 16.5. The first-order chi connectivity index (χ1) is 18.5. The van der Waals surface area contributed by atoms with Gasteiger partial charge in [0.25, 0.3) is 11.7 Å². The first kappa shape index (κ1) is 27.6. The summed E-state index contributed by atoms with van der Waals surface area (Å²) < 4.78 is 5.63. The fraction of sp³-hybridized carbons (Fsp3) is 0.281. The van der Waals surface area contributed by atoms with E-state index in [9.17, 15) is 19.5 Å². The molecule has 0 aromatic heterocycles. The Hall–Kier alpha value is -4.39. The lowest BCUT2D eigenvalue weighted by Crippen LogP contribution is -2.29. The highest BCUT2D eigenvalue weighted by Crippen LogP contribution is 2.42. The van der Waals surface area contributed by atoms with Crippen molar-refractivity contribution in [1.82, 2.24) is 0 Å². The molecule has 0 radical (unpaired) electrons. The van der Waals surface area contributed by atoms with Crippen LogP contribution in [0.2, 0.25) is 0 Å². The van der Waals surface area contributed by atoms with E-state index in [1.807, 2.05) is 31.2 Å². The Morgan fingerprint density at radius 2 is 1.51 bits per heavy atom. The Bertz CT molecular complexity index is 1400. The smallest absolute Gasteiger partial charge is 0.307 e. The molecule has 1 heterocycles. The first-order valence-corrected chi connectivity index (χ1v) is 13.0. The fourth-order valence-corrected chi connectivity index (χ4v) is 4.61. The van der Waals surface area contributed by atoms with Crippen LogP contribution in [0.3, 0.4) is 0 Å². The Morgan fingerprint density at radius 1 is 0.897 bits per heavy atom. The van der Waals surface area contributed by atoms with Crippen molar-refractivity contribution in [2.24, 2.45) is 0 Å². The quantitative estimate of drug-likeness (QED) is 0.211. The summed E-state index contributed by atoms with van der Waals surface area (Å²) in [6.45, 7) is 8.86. The van der Waals surface area contributed by atoms with E-state index in [0.717, 1.165) is 12.0 Å². The lowest BCUT2D eigenvalue weighted by atomic mass is 9.85. The number of amides is 1. The van der Waals surface area contributed by atoms with Crippen LogP contribution in [-0.4, -0.2) is 34.5 Å². The van der Waals surface area contributed by atoms with Crippen molar-refractivity contribution in [3.05, 3.63) is 101 Å². The fourth-order valence-electron chi connectivity index (χ4n) is 4.61. The van der Waals surface area contributed by atoms with Crippen LogP contribution in [0, 0.1) is 0 Å². The molecule has 7 nitrogen and oxygen atoms in total. The van der Waals surface area contributed by atoms with E-state index in [0.29, 0.717) is 34.7 Å². The van der Waals surface area contributed by atoms with Crippen LogP contribution in [0.4, 0.5) is 5.69 Å². The molecule has 1 unspecified atom stereocenters. The zero-order chi connectivity index (χ0) is 28.3. The molecular formula is C32H33NO6. The Morgan fingerprint density at radius 3 is 2.05 bits per heavy atom. The van der Waals surface area contributed by atoms with Gasteiger partial charge in [0.2, 0.25) is 0 Å². The molecule has 39 heavy (non-hydrogen) atoms. The van der Waals surface area contributed by atoms with E-state index in [1.54, 1.807) is 48.5 Å². The molecule has 202 valence electrons. The van der Waals surface area contributed by atoms with E-state index in [1.165, 1.54) is 4.90 Å². The van der Waals surface area contributed by atoms with Gasteiger partial charge in [-0.2, -0.15) is 0 Å². The van der Waals surface area contributed by atoms with Gasteiger partial charge in [0.15, 0.2) is 0 Å². The first-order valence-electron chi connectivity index (χ1n) is 13.0. The topological polar surface area (TPSA) is 104 Å².